The summed E-state index contributed by atoms with van der Waals surface area (Å²) in [5, 5.41) is 3.65. The van der Waals surface area contributed by atoms with Gasteiger partial charge in [0.05, 0.1) is 13.6 Å². The highest BCUT2D eigenvalue weighted by molar-refractivity contribution is 6.88. The Kier molecular flexibility index (Phi) is 4.10. The van der Waals surface area contributed by atoms with E-state index >= 15 is 0 Å². The van der Waals surface area contributed by atoms with Crippen LogP contribution in [0.1, 0.15) is 0 Å². The molecule has 3 heterocycles. The molecule has 5 heteroatoms. The summed E-state index contributed by atoms with van der Waals surface area (Å²) in [6, 6.07) is 27.2. The predicted octanol–water partition coefficient (Wildman–Crippen LogP) is 6.53. The number of pyridine rings is 1. The molecule has 0 atom stereocenters. The highest BCUT2D eigenvalue weighted by atomic mass is 28.3. The highest BCUT2D eigenvalue weighted by Gasteiger charge is 2.22. The first kappa shape index (κ1) is 19.0. The summed E-state index contributed by atoms with van der Waals surface area (Å²) < 4.78 is 8.63. The molecule has 3 aromatic carbocycles. The van der Waals surface area contributed by atoms with Gasteiger partial charge in [-0.1, -0.05) is 67.3 Å². The predicted molar refractivity (Wildman–Crippen MR) is 135 cm³/mol. The first-order valence-corrected chi connectivity index (χ1v) is 14.4. The second-order valence-corrected chi connectivity index (χ2v) is 14.3. The van der Waals surface area contributed by atoms with Gasteiger partial charge in [-0.25, -0.2) is 9.97 Å². The fraction of sp³-hybridized carbons (Fsp3) is 0.111. The molecule has 0 N–H and O–H groups in total. The van der Waals surface area contributed by atoms with Gasteiger partial charge in [-0.3, -0.25) is 4.57 Å². The maximum atomic E-state index is 6.51. The van der Waals surface area contributed by atoms with Crippen LogP contribution in [0.25, 0.3) is 50.2 Å². The van der Waals surface area contributed by atoms with Crippen LogP contribution >= 0.6 is 0 Å². The summed E-state index contributed by atoms with van der Waals surface area (Å²) in [4.78, 5) is 9.62. The average Bonchev–Trinajstić information content (AvgIpc) is 3.37. The third kappa shape index (κ3) is 2.89. The molecule has 0 aliphatic heterocycles. The first-order chi connectivity index (χ1) is 15.5. The van der Waals surface area contributed by atoms with E-state index < -0.39 is 8.07 Å². The molecule has 32 heavy (non-hydrogen) atoms. The van der Waals surface area contributed by atoms with E-state index in [-0.39, 0.29) is 0 Å². The van der Waals surface area contributed by atoms with Crippen LogP contribution in [0, 0.1) is 0 Å². The second-order valence-electron chi connectivity index (χ2n) is 9.20. The van der Waals surface area contributed by atoms with Gasteiger partial charge in [0, 0.05) is 22.7 Å². The average molecular weight is 434 g/mol. The third-order valence-electron chi connectivity index (χ3n) is 6.04. The second kappa shape index (κ2) is 6.90. The van der Waals surface area contributed by atoms with Gasteiger partial charge < -0.3 is 4.42 Å². The fourth-order valence-electron chi connectivity index (χ4n) is 4.36. The molecule has 4 nitrogen and oxygen atoms in total. The maximum Gasteiger partial charge on any atom is 0.164 e. The lowest BCUT2D eigenvalue weighted by molar-refractivity contribution is 0.669. The Morgan fingerprint density at radius 2 is 1.66 bits per heavy atom. The fourth-order valence-corrected chi connectivity index (χ4v) is 5.50. The summed E-state index contributed by atoms with van der Waals surface area (Å²) in [6.45, 7) is 7.08. The third-order valence-corrected chi connectivity index (χ3v) is 8.08. The molecule has 0 amide bonds. The van der Waals surface area contributed by atoms with Crippen LogP contribution in [0.4, 0.5) is 0 Å². The Balaban J connectivity index is 1.67. The van der Waals surface area contributed by atoms with Crippen molar-refractivity contribution in [1.82, 2.24) is 14.5 Å². The van der Waals surface area contributed by atoms with Gasteiger partial charge in [0.25, 0.3) is 0 Å². The van der Waals surface area contributed by atoms with E-state index in [1.165, 1.54) is 5.19 Å². The molecule has 0 bridgehead atoms. The Labute approximate surface area is 187 Å². The molecule has 0 saturated heterocycles. The Morgan fingerprint density at radius 3 is 2.47 bits per heavy atom. The van der Waals surface area contributed by atoms with Crippen LogP contribution in [-0.2, 0) is 0 Å². The van der Waals surface area contributed by atoms with E-state index in [0.717, 1.165) is 50.2 Å². The van der Waals surface area contributed by atoms with Crippen molar-refractivity contribution in [2.24, 2.45) is 0 Å². The standard InChI is InChI=1S/C27H23N3OSi/c1-32(2,3)19-14-15-20-21-11-7-12-22(25(21)31-24(20)17-19)26-29-23-13-8-16-28-27(23)30(26)18-9-5-4-6-10-18/h4-17H,1-3H3. The van der Waals surface area contributed by atoms with Crippen molar-refractivity contribution in [3.8, 4) is 17.1 Å². The lowest BCUT2D eigenvalue weighted by Crippen LogP contribution is -2.37. The number of furan rings is 1. The lowest BCUT2D eigenvalue weighted by atomic mass is 10.1. The zero-order valence-corrected chi connectivity index (χ0v) is 19.3. The van der Waals surface area contributed by atoms with Crippen LogP contribution in [-0.4, -0.2) is 22.6 Å². The topological polar surface area (TPSA) is 43.9 Å². The van der Waals surface area contributed by atoms with Crippen molar-refractivity contribution in [1.29, 1.82) is 0 Å². The highest BCUT2D eigenvalue weighted by Crippen LogP contribution is 2.37. The van der Waals surface area contributed by atoms with E-state index in [1.807, 2.05) is 36.5 Å². The summed E-state index contributed by atoms with van der Waals surface area (Å²) in [5.74, 6) is 0.833. The van der Waals surface area contributed by atoms with Crippen molar-refractivity contribution in [2.75, 3.05) is 0 Å². The number of fused-ring (bicyclic) bond motifs is 4. The van der Waals surface area contributed by atoms with E-state index in [1.54, 1.807) is 0 Å². The minimum absolute atomic E-state index is 0.833. The summed E-state index contributed by atoms with van der Waals surface area (Å²) in [5.41, 5.74) is 5.49. The van der Waals surface area contributed by atoms with Crippen molar-refractivity contribution >= 4 is 46.4 Å². The van der Waals surface area contributed by atoms with E-state index in [4.69, 9.17) is 9.40 Å². The number of hydrogen-bond donors (Lipinski definition) is 0. The maximum absolute atomic E-state index is 6.51. The monoisotopic (exact) mass is 433 g/mol. The van der Waals surface area contributed by atoms with Crippen LogP contribution < -0.4 is 5.19 Å². The zero-order chi connectivity index (χ0) is 21.9. The number of rotatable bonds is 3. The molecule has 0 radical (unpaired) electrons. The zero-order valence-electron chi connectivity index (χ0n) is 18.3. The van der Waals surface area contributed by atoms with Gasteiger partial charge in [-0.2, -0.15) is 0 Å². The molecule has 0 unspecified atom stereocenters. The van der Waals surface area contributed by atoms with E-state index in [2.05, 4.69) is 77.7 Å². The molecular formula is C27H23N3OSi. The summed E-state index contributed by atoms with van der Waals surface area (Å²) >= 11 is 0. The first-order valence-electron chi connectivity index (χ1n) is 10.9. The number of nitrogens with zero attached hydrogens (tertiary/aromatic N) is 3. The minimum atomic E-state index is -1.44. The Morgan fingerprint density at radius 1 is 0.812 bits per heavy atom. The van der Waals surface area contributed by atoms with Crippen LogP contribution in [0.15, 0.2) is 89.5 Å². The molecule has 0 saturated carbocycles. The normalized spacial score (nSPS) is 12.2. The van der Waals surface area contributed by atoms with Crippen molar-refractivity contribution in [3.05, 3.63) is 85.1 Å². The van der Waals surface area contributed by atoms with Gasteiger partial charge in [-0.15, -0.1) is 0 Å². The molecule has 0 aliphatic rings. The molecular weight excluding hydrogens is 410 g/mol. The van der Waals surface area contributed by atoms with Gasteiger partial charge in [0.1, 0.15) is 16.7 Å². The molecule has 0 spiro atoms. The number of benzene rings is 3. The van der Waals surface area contributed by atoms with E-state index in [9.17, 15) is 0 Å². The Bertz CT molecular complexity index is 1610. The van der Waals surface area contributed by atoms with Gasteiger partial charge in [-0.05, 0) is 36.4 Å². The van der Waals surface area contributed by atoms with Crippen LogP contribution in [0.2, 0.25) is 19.6 Å². The van der Waals surface area contributed by atoms with Crippen LogP contribution in [0.5, 0.6) is 0 Å². The van der Waals surface area contributed by atoms with Crippen molar-refractivity contribution in [3.63, 3.8) is 0 Å². The molecule has 0 fully saturated rings. The quantitative estimate of drug-likeness (QED) is 0.298. The Hall–Kier alpha value is -3.70. The largest absolute Gasteiger partial charge is 0.455 e. The van der Waals surface area contributed by atoms with Crippen LogP contribution in [0.3, 0.4) is 0 Å². The van der Waals surface area contributed by atoms with Crippen molar-refractivity contribution in [2.45, 2.75) is 19.6 Å². The number of imidazole rings is 1. The molecule has 3 aromatic heterocycles. The SMILES string of the molecule is C[Si](C)(C)c1ccc2c(c1)oc1c(-c3nc4cccnc4n3-c3ccccc3)cccc12. The number of aromatic nitrogens is 3. The van der Waals surface area contributed by atoms with Gasteiger partial charge >= 0.3 is 0 Å². The molecule has 6 aromatic rings. The number of hydrogen-bond acceptors (Lipinski definition) is 3. The molecule has 6 rings (SSSR count). The van der Waals surface area contributed by atoms with Crippen molar-refractivity contribution < 1.29 is 4.42 Å². The number of para-hydroxylation sites is 2. The van der Waals surface area contributed by atoms with E-state index in [0.29, 0.717) is 0 Å². The van der Waals surface area contributed by atoms with Gasteiger partial charge in [0.15, 0.2) is 11.5 Å². The smallest absolute Gasteiger partial charge is 0.164 e. The van der Waals surface area contributed by atoms with Gasteiger partial charge in [0.2, 0.25) is 0 Å². The summed E-state index contributed by atoms with van der Waals surface area (Å²) in [7, 11) is -1.44. The lowest BCUT2D eigenvalue weighted by Gasteiger charge is -2.15. The summed E-state index contributed by atoms with van der Waals surface area (Å²) in [6.07, 6.45) is 1.81. The molecule has 156 valence electrons. The molecule has 0 aliphatic carbocycles. The minimum Gasteiger partial charge on any atom is -0.455 e.